The first-order valence-electron chi connectivity index (χ1n) is 5.64. The van der Waals surface area contributed by atoms with Crippen molar-refractivity contribution in [2.45, 2.75) is 31.8 Å². The first-order valence-corrected chi connectivity index (χ1v) is 5.64. The maximum atomic E-state index is 11.3. The van der Waals surface area contributed by atoms with Gasteiger partial charge in [0.15, 0.2) is 6.04 Å². The molecule has 0 saturated heterocycles. The Kier molecular flexibility index (Phi) is 3.12. The first-order chi connectivity index (χ1) is 8.19. The maximum Gasteiger partial charge on any atom is 0.332 e. The van der Waals surface area contributed by atoms with Gasteiger partial charge >= 0.3 is 5.97 Å². The van der Waals surface area contributed by atoms with E-state index >= 15 is 0 Å². The largest absolute Gasteiger partial charge is 0.479 e. The number of carbonyl (C=O) groups is 2. The summed E-state index contributed by atoms with van der Waals surface area (Å²) in [5.74, 6) is -1.03. The van der Waals surface area contributed by atoms with Crippen molar-refractivity contribution in [3.63, 3.8) is 0 Å². The van der Waals surface area contributed by atoms with Crippen LogP contribution in [0.25, 0.3) is 0 Å². The highest BCUT2D eigenvalue weighted by molar-refractivity contribution is 5.77. The SMILES string of the molecule is CCN(C=O)C(C(=O)O)c1cncn1C1CC1. The van der Waals surface area contributed by atoms with Crippen molar-refractivity contribution in [3.8, 4) is 0 Å². The minimum absolute atomic E-state index is 0.347. The average Bonchev–Trinajstić information content (AvgIpc) is 3.05. The van der Waals surface area contributed by atoms with Crippen molar-refractivity contribution in [1.82, 2.24) is 14.5 Å². The topological polar surface area (TPSA) is 75.4 Å². The third-order valence-corrected chi connectivity index (χ3v) is 2.98. The molecule has 1 aliphatic carbocycles. The van der Waals surface area contributed by atoms with Gasteiger partial charge in [-0.3, -0.25) is 4.79 Å². The molecule has 1 saturated carbocycles. The molecule has 1 fully saturated rings. The van der Waals surface area contributed by atoms with Crippen LogP contribution in [0.4, 0.5) is 0 Å². The molecular formula is C11H15N3O3. The number of hydrogen-bond acceptors (Lipinski definition) is 3. The molecule has 0 bridgehead atoms. The zero-order valence-corrected chi connectivity index (χ0v) is 9.61. The third-order valence-electron chi connectivity index (χ3n) is 2.98. The van der Waals surface area contributed by atoms with Gasteiger partial charge < -0.3 is 14.6 Å². The molecule has 92 valence electrons. The number of aromatic nitrogens is 2. The van der Waals surface area contributed by atoms with E-state index < -0.39 is 12.0 Å². The Hall–Kier alpha value is -1.85. The monoisotopic (exact) mass is 237 g/mol. The number of amides is 1. The van der Waals surface area contributed by atoms with Gasteiger partial charge in [0, 0.05) is 12.6 Å². The zero-order chi connectivity index (χ0) is 12.4. The van der Waals surface area contributed by atoms with Crippen molar-refractivity contribution in [2.24, 2.45) is 0 Å². The Morgan fingerprint density at radius 1 is 1.76 bits per heavy atom. The molecule has 1 aromatic heterocycles. The lowest BCUT2D eigenvalue weighted by atomic mass is 10.2. The molecule has 1 N–H and O–H groups in total. The van der Waals surface area contributed by atoms with E-state index in [1.54, 1.807) is 13.3 Å². The van der Waals surface area contributed by atoms with Gasteiger partial charge in [-0.15, -0.1) is 0 Å². The Bertz CT molecular complexity index is 425. The predicted molar refractivity (Wildman–Crippen MR) is 59.3 cm³/mol. The van der Waals surface area contributed by atoms with Gasteiger partial charge in [0.05, 0.1) is 18.2 Å². The Labute approximate surface area is 98.9 Å². The van der Waals surface area contributed by atoms with Crippen LogP contribution in [0.2, 0.25) is 0 Å². The van der Waals surface area contributed by atoms with Crippen LogP contribution in [0.5, 0.6) is 0 Å². The minimum atomic E-state index is -1.03. The molecule has 17 heavy (non-hydrogen) atoms. The average molecular weight is 237 g/mol. The fourth-order valence-electron chi connectivity index (χ4n) is 1.94. The number of aliphatic carboxylic acids is 1. The number of imidazole rings is 1. The number of rotatable bonds is 6. The molecule has 1 atom stereocenters. The predicted octanol–water partition coefficient (Wildman–Crippen LogP) is 0.822. The second-order valence-corrected chi connectivity index (χ2v) is 4.13. The zero-order valence-electron chi connectivity index (χ0n) is 9.61. The summed E-state index contributed by atoms with van der Waals surface area (Å²) in [4.78, 5) is 27.5. The van der Waals surface area contributed by atoms with Crippen LogP contribution in [0.15, 0.2) is 12.5 Å². The lowest BCUT2D eigenvalue weighted by Gasteiger charge is -2.24. The van der Waals surface area contributed by atoms with Crippen molar-refractivity contribution in [2.75, 3.05) is 6.54 Å². The molecule has 1 aromatic rings. The van der Waals surface area contributed by atoms with Crippen LogP contribution in [-0.2, 0) is 9.59 Å². The summed E-state index contributed by atoms with van der Waals surface area (Å²) in [6, 6.07) is -0.597. The lowest BCUT2D eigenvalue weighted by Crippen LogP contribution is -2.34. The normalized spacial score (nSPS) is 16.5. The van der Waals surface area contributed by atoms with Gasteiger partial charge in [0.1, 0.15) is 0 Å². The van der Waals surface area contributed by atoms with Gasteiger partial charge in [-0.1, -0.05) is 0 Å². The highest BCUT2D eigenvalue weighted by Gasteiger charge is 2.33. The smallest absolute Gasteiger partial charge is 0.332 e. The molecule has 0 aliphatic heterocycles. The number of likely N-dealkylation sites (N-methyl/N-ethyl adjacent to an activating group) is 1. The molecule has 0 radical (unpaired) electrons. The summed E-state index contributed by atoms with van der Waals surface area (Å²) < 4.78 is 1.87. The van der Waals surface area contributed by atoms with E-state index in [4.69, 9.17) is 0 Å². The summed E-state index contributed by atoms with van der Waals surface area (Å²) in [5, 5.41) is 9.26. The van der Waals surface area contributed by atoms with Crippen LogP contribution < -0.4 is 0 Å². The highest BCUT2D eigenvalue weighted by atomic mass is 16.4. The van der Waals surface area contributed by atoms with Gasteiger partial charge in [0.25, 0.3) is 0 Å². The Balaban J connectivity index is 2.34. The Morgan fingerprint density at radius 3 is 2.94 bits per heavy atom. The molecule has 1 unspecified atom stereocenters. The minimum Gasteiger partial charge on any atom is -0.479 e. The molecule has 1 amide bonds. The van der Waals surface area contributed by atoms with Gasteiger partial charge in [-0.05, 0) is 19.8 Å². The molecule has 1 heterocycles. The van der Waals surface area contributed by atoms with E-state index in [1.807, 2.05) is 4.57 Å². The number of carboxylic acid groups (broad SMARTS) is 1. The van der Waals surface area contributed by atoms with Crippen molar-refractivity contribution >= 4 is 12.4 Å². The van der Waals surface area contributed by atoms with E-state index in [0.717, 1.165) is 12.8 Å². The molecule has 6 nitrogen and oxygen atoms in total. The summed E-state index contributed by atoms with van der Waals surface area (Å²) in [5.41, 5.74) is 0.578. The van der Waals surface area contributed by atoms with Crippen LogP contribution in [0.3, 0.4) is 0 Å². The van der Waals surface area contributed by atoms with Crippen LogP contribution in [0, 0.1) is 0 Å². The quantitative estimate of drug-likeness (QED) is 0.743. The second kappa shape index (κ2) is 4.57. The first kappa shape index (κ1) is 11.6. The third kappa shape index (κ3) is 2.15. The number of nitrogens with zero attached hydrogens (tertiary/aromatic N) is 3. The van der Waals surface area contributed by atoms with Gasteiger partial charge in [-0.2, -0.15) is 0 Å². The summed E-state index contributed by atoms with van der Waals surface area (Å²) >= 11 is 0. The number of hydrogen-bond donors (Lipinski definition) is 1. The fourth-order valence-corrected chi connectivity index (χ4v) is 1.94. The maximum absolute atomic E-state index is 11.3. The molecule has 0 spiro atoms. The van der Waals surface area contributed by atoms with Crippen LogP contribution in [-0.4, -0.2) is 38.5 Å². The fraction of sp³-hybridized carbons (Fsp3) is 0.545. The molecule has 0 aromatic carbocycles. The molecule has 6 heteroatoms. The van der Waals surface area contributed by atoms with E-state index in [9.17, 15) is 14.7 Å². The van der Waals surface area contributed by atoms with Crippen LogP contribution in [0.1, 0.15) is 37.5 Å². The second-order valence-electron chi connectivity index (χ2n) is 4.13. The van der Waals surface area contributed by atoms with E-state index in [-0.39, 0.29) is 0 Å². The molecular weight excluding hydrogens is 222 g/mol. The van der Waals surface area contributed by atoms with E-state index in [1.165, 1.54) is 11.1 Å². The van der Waals surface area contributed by atoms with E-state index in [0.29, 0.717) is 24.7 Å². The molecule has 1 aliphatic rings. The summed E-state index contributed by atoms with van der Waals surface area (Å²) in [6.07, 6.45) is 5.83. The van der Waals surface area contributed by atoms with Crippen molar-refractivity contribution < 1.29 is 14.7 Å². The standard InChI is InChI=1S/C11H15N3O3/c1-2-13(7-15)10(11(16)17)9-5-12-6-14(9)8-3-4-8/h5-8,10H,2-4H2,1H3,(H,16,17). The van der Waals surface area contributed by atoms with Gasteiger partial charge in [0.2, 0.25) is 6.41 Å². The van der Waals surface area contributed by atoms with Crippen LogP contribution >= 0.6 is 0 Å². The Morgan fingerprint density at radius 2 is 2.47 bits per heavy atom. The lowest BCUT2D eigenvalue weighted by molar-refractivity contribution is -0.146. The van der Waals surface area contributed by atoms with Crippen molar-refractivity contribution in [3.05, 3.63) is 18.2 Å². The van der Waals surface area contributed by atoms with E-state index in [2.05, 4.69) is 4.98 Å². The summed E-state index contributed by atoms with van der Waals surface area (Å²) in [7, 11) is 0. The summed E-state index contributed by atoms with van der Waals surface area (Å²) in [6.45, 7) is 2.11. The number of carboxylic acids is 1. The number of carbonyl (C=O) groups excluding carboxylic acids is 1. The molecule has 2 rings (SSSR count). The van der Waals surface area contributed by atoms with Gasteiger partial charge in [-0.25, -0.2) is 9.78 Å². The van der Waals surface area contributed by atoms with Crippen molar-refractivity contribution in [1.29, 1.82) is 0 Å². The highest BCUT2D eigenvalue weighted by Crippen LogP contribution is 2.37.